The molecule has 3 fully saturated rings. The monoisotopic (exact) mass is 944 g/mol. The first-order valence-electron chi connectivity index (χ1n) is 18.8. The second kappa shape index (κ2) is 21.9. The molecule has 26 nitrogen and oxygen atoms in total. The van der Waals surface area contributed by atoms with E-state index in [9.17, 15) is 58.4 Å². The van der Waals surface area contributed by atoms with Crippen molar-refractivity contribution >= 4 is 26.3 Å². The highest BCUT2D eigenvalue weighted by atomic mass is 32.5. The van der Waals surface area contributed by atoms with Crippen LogP contribution in [0.15, 0.2) is 65.6 Å². The number of phosphoric ester groups is 1. The summed E-state index contributed by atoms with van der Waals surface area (Å²) < 4.78 is 55.8. The minimum atomic E-state index is -4.33. The zero-order chi connectivity index (χ0) is 46.3. The fourth-order valence-electron chi connectivity index (χ4n) is 6.66. The first-order chi connectivity index (χ1) is 29.2. The summed E-state index contributed by atoms with van der Waals surface area (Å²) in [5.74, 6) is 0. The van der Waals surface area contributed by atoms with Gasteiger partial charge in [-0.05, 0) is 31.1 Å². The van der Waals surface area contributed by atoms with Crippen molar-refractivity contribution in [2.45, 2.75) is 114 Å². The third kappa shape index (κ3) is 12.1. The number of aliphatic hydroxyl groups excluding tert-OH is 3. The van der Waals surface area contributed by atoms with Crippen LogP contribution in [0.25, 0.3) is 0 Å². The second-order valence-electron chi connectivity index (χ2n) is 13.6. The molecule has 62 heavy (non-hydrogen) atoms. The Balaban J connectivity index is 0.000000206. The summed E-state index contributed by atoms with van der Waals surface area (Å²) >= 11 is 4.77. The Hall–Kier alpha value is -3.60. The number of nitrogens with one attached hydrogen (secondary N) is 3. The van der Waals surface area contributed by atoms with Crippen molar-refractivity contribution in [3.63, 3.8) is 0 Å². The quantitative estimate of drug-likeness (QED) is 0.0860. The van der Waals surface area contributed by atoms with Gasteiger partial charge in [0.2, 0.25) is 0 Å². The van der Waals surface area contributed by atoms with Crippen LogP contribution in [0, 0.1) is 0 Å². The Labute approximate surface area is 355 Å². The summed E-state index contributed by atoms with van der Waals surface area (Å²) in [5, 5.41) is 30.7. The number of aliphatic hydroxyl groups is 3. The molecular formula is C33H50N6O20P2S. The minimum Gasteiger partial charge on any atom is -0.386 e. The Bertz CT molecular complexity index is 2300. The molecule has 0 spiro atoms. The molecule has 348 valence electrons. The first-order valence-corrected chi connectivity index (χ1v) is 22.9. The van der Waals surface area contributed by atoms with Gasteiger partial charge < -0.3 is 48.6 Å². The first kappa shape index (κ1) is 51.0. The fourth-order valence-corrected chi connectivity index (χ4v) is 8.27. The lowest BCUT2D eigenvalue weighted by Gasteiger charge is -2.23. The van der Waals surface area contributed by atoms with Gasteiger partial charge in [0.15, 0.2) is 18.7 Å². The van der Waals surface area contributed by atoms with Crippen LogP contribution in [0.3, 0.4) is 0 Å². The molecule has 0 radical (unpaired) electrons. The van der Waals surface area contributed by atoms with Crippen molar-refractivity contribution in [2.75, 3.05) is 21.3 Å². The van der Waals surface area contributed by atoms with Gasteiger partial charge >= 0.3 is 31.6 Å². The molecule has 0 bridgehead atoms. The van der Waals surface area contributed by atoms with Crippen molar-refractivity contribution in [3.8, 4) is 0 Å². The van der Waals surface area contributed by atoms with Gasteiger partial charge in [-0.2, -0.15) is 0 Å². The van der Waals surface area contributed by atoms with E-state index in [1.54, 1.807) is 13.8 Å². The minimum absolute atomic E-state index is 0.283. The Morgan fingerprint density at radius 3 is 1.19 bits per heavy atom. The van der Waals surface area contributed by atoms with E-state index in [0.717, 1.165) is 32.9 Å². The van der Waals surface area contributed by atoms with Gasteiger partial charge in [0.25, 0.3) is 16.7 Å². The highest BCUT2D eigenvalue weighted by Crippen LogP contribution is 2.49. The summed E-state index contributed by atoms with van der Waals surface area (Å²) in [6.07, 6.45) is -5.73. The molecule has 5 unspecified atom stereocenters. The summed E-state index contributed by atoms with van der Waals surface area (Å²) in [5.41, 5.74) is -3.74. The molecule has 3 aliphatic heterocycles. The van der Waals surface area contributed by atoms with Crippen molar-refractivity contribution in [2.24, 2.45) is 0 Å². The van der Waals surface area contributed by atoms with Gasteiger partial charge in [0.05, 0.1) is 18.3 Å². The van der Waals surface area contributed by atoms with E-state index in [-0.39, 0.29) is 6.10 Å². The predicted molar refractivity (Wildman–Crippen MR) is 215 cm³/mol. The smallest absolute Gasteiger partial charge is 0.386 e. The van der Waals surface area contributed by atoms with E-state index in [0.29, 0.717) is 19.3 Å². The lowest BCUT2D eigenvalue weighted by molar-refractivity contribution is -0.0405. The van der Waals surface area contributed by atoms with Crippen molar-refractivity contribution in [3.05, 3.63) is 99.3 Å². The molecule has 0 amide bonds. The van der Waals surface area contributed by atoms with E-state index in [1.165, 1.54) is 38.9 Å². The van der Waals surface area contributed by atoms with E-state index in [4.69, 9.17) is 44.3 Å². The molecule has 0 aromatic carbocycles. The van der Waals surface area contributed by atoms with Crippen molar-refractivity contribution in [1.82, 2.24) is 28.7 Å². The predicted octanol–water partition coefficient (Wildman–Crippen LogP) is -1.99. The Kier molecular flexibility index (Phi) is 18.0. The van der Waals surface area contributed by atoms with Crippen LogP contribution >= 0.6 is 14.5 Å². The number of methoxy groups -OCH3 is 1. The van der Waals surface area contributed by atoms with Gasteiger partial charge in [-0.15, -0.1) is 0 Å². The maximum atomic E-state index is 11.8. The molecule has 0 saturated carbocycles. The lowest BCUT2D eigenvalue weighted by Crippen LogP contribution is -2.38. The molecule has 29 heteroatoms. The van der Waals surface area contributed by atoms with Crippen LogP contribution in [0.2, 0.25) is 0 Å². The number of phosphoric acid groups is 1. The van der Waals surface area contributed by atoms with E-state index < -0.39 is 116 Å². The summed E-state index contributed by atoms with van der Waals surface area (Å²) in [6.45, 7) is 1.92. The van der Waals surface area contributed by atoms with Gasteiger partial charge in [-0.3, -0.25) is 56.6 Å². The highest BCUT2D eigenvalue weighted by molar-refractivity contribution is 8.07. The number of hydrogen-bond donors (Lipinski definition) is 8. The average molecular weight is 945 g/mol. The number of aromatic amines is 3. The molecule has 3 aromatic rings. The SMILES string of the molecule is CC[C@H]1O[C@@H](n2ccc(=O)[nH]c2=O)[C@@H](O)C1OC.CC[C@H]1O[C@@H](n2ccc(=O)[nH]c2=O)[C@@H](O)C1OP(=O)(O)OC.CC[C@H]1O[C@@H](n2ccc(=O)[nH]c2=O)[C@@H](O)C1OP(O)(=S)OC. The number of hydrogen-bond acceptors (Lipinski definition) is 19. The maximum absolute atomic E-state index is 11.8. The zero-order valence-corrected chi connectivity index (χ0v) is 36.6. The van der Waals surface area contributed by atoms with Gasteiger partial charge in [0.1, 0.15) is 36.6 Å². The largest absolute Gasteiger partial charge is 0.472 e. The van der Waals surface area contributed by atoms with Crippen molar-refractivity contribution < 1.29 is 66.7 Å². The molecule has 0 aliphatic carbocycles. The van der Waals surface area contributed by atoms with Crippen LogP contribution in [0.1, 0.15) is 58.7 Å². The summed E-state index contributed by atoms with van der Waals surface area (Å²) in [4.78, 5) is 93.7. The molecule has 3 aliphatic rings. The molecule has 6 rings (SSSR count). The standard InChI is InChI=1S/C11H17N2O8P.C11H17N2O7PS.C11H16N2O5/c1-3-6-9(21-22(17,18)19-2)8(15)10(20-6)13-5-4-7(14)12-11(13)16;1-3-6-9(20-21(17,22)18-2)8(15)10(19-6)13-5-4-7(14)12-11(13)16;1-3-6-9(17-2)8(15)10(18-6)13-5-4-7(14)12-11(13)16/h4-6,8-10,15H,3H2,1-2H3,(H,17,18)(H,12,14,16);4-6,8-10,15H,3H2,1-2H3,(H,17,22)(H,12,14,16);4-6,8-10,15H,3H2,1-2H3,(H,12,14,16)/t6-,8+,9?,10-;6-,8+,9?,10-,21?;6-,8+,9?,10-/m111/s1. The van der Waals surface area contributed by atoms with Gasteiger partial charge in [0, 0.05) is 58.1 Å². The van der Waals surface area contributed by atoms with Crippen LogP contribution < -0.4 is 33.7 Å². The molecule has 14 atom stereocenters. The van der Waals surface area contributed by atoms with Crippen LogP contribution in [0.5, 0.6) is 0 Å². The number of rotatable bonds is 13. The molecular weight excluding hydrogens is 894 g/mol. The van der Waals surface area contributed by atoms with Crippen LogP contribution in [-0.4, -0.2) is 130 Å². The normalized spacial score (nSPS) is 31.3. The van der Waals surface area contributed by atoms with Crippen molar-refractivity contribution in [1.29, 1.82) is 0 Å². The topological polar surface area (TPSA) is 357 Å². The van der Waals surface area contributed by atoms with E-state index in [2.05, 4.69) is 14.5 Å². The molecule has 3 aromatic heterocycles. The molecule has 3 saturated heterocycles. The summed E-state index contributed by atoms with van der Waals surface area (Å²) in [6, 6.07) is 3.44. The number of aromatic nitrogens is 6. The molecule has 6 heterocycles. The Morgan fingerprint density at radius 2 is 0.919 bits per heavy atom. The van der Waals surface area contributed by atoms with E-state index >= 15 is 0 Å². The lowest BCUT2D eigenvalue weighted by atomic mass is 10.1. The van der Waals surface area contributed by atoms with Crippen LogP contribution in [0.4, 0.5) is 0 Å². The van der Waals surface area contributed by atoms with E-state index in [1.807, 2.05) is 11.9 Å². The zero-order valence-electron chi connectivity index (χ0n) is 34.0. The molecule has 8 N–H and O–H groups in total. The number of H-pyrrole nitrogens is 3. The number of ether oxygens (including phenoxy) is 4. The number of nitrogens with zero attached hydrogens (tertiary/aromatic N) is 3. The maximum Gasteiger partial charge on any atom is 0.472 e. The van der Waals surface area contributed by atoms with Gasteiger partial charge in [-0.25, -0.2) is 18.9 Å². The summed E-state index contributed by atoms with van der Waals surface area (Å²) in [7, 11) is -0.653. The fraction of sp³-hybridized carbons (Fsp3) is 0.636. The van der Waals surface area contributed by atoms with Gasteiger partial charge in [-0.1, -0.05) is 20.8 Å². The second-order valence-corrected chi connectivity index (χ2v) is 18.0. The Morgan fingerprint density at radius 1 is 0.597 bits per heavy atom. The third-order valence-corrected chi connectivity index (χ3v) is 12.4. The third-order valence-electron chi connectivity index (χ3n) is 9.75. The average Bonchev–Trinajstić information content (AvgIpc) is 3.83. The van der Waals surface area contributed by atoms with Crippen LogP contribution in [-0.2, 0) is 53.4 Å². The highest BCUT2D eigenvalue weighted by Gasteiger charge is 2.49.